The molecule has 0 amide bonds. The van der Waals surface area contributed by atoms with Crippen LogP contribution in [0.4, 0.5) is 45.5 Å². The normalized spacial score (nSPS) is 20.8. The fourth-order valence-corrected chi connectivity index (χ4v) is 16.0. The molecule has 3 aliphatic heterocycles. The van der Waals surface area contributed by atoms with Crippen LogP contribution in [0.5, 0.6) is 0 Å². The van der Waals surface area contributed by atoms with E-state index < -0.39 is 0 Å². The number of fused-ring (bicyclic) bond motifs is 11. The number of rotatable bonds is 5. The van der Waals surface area contributed by atoms with Crippen molar-refractivity contribution in [2.24, 2.45) is 0 Å². The quantitative estimate of drug-likeness (QED) is 0.159. The van der Waals surface area contributed by atoms with Crippen LogP contribution < -0.4 is 31.1 Å². The largest absolute Gasteiger partial charge is 0.335 e. The fourth-order valence-electron chi connectivity index (χ4n) is 14.9. The molecule has 2 aliphatic carbocycles. The van der Waals surface area contributed by atoms with Crippen LogP contribution in [-0.2, 0) is 21.7 Å². The van der Waals surface area contributed by atoms with E-state index in [1.165, 1.54) is 147 Å². The highest BCUT2D eigenvalue weighted by Gasteiger charge is 2.61. The third kappa shape index (κ3) is 6.44. The van der Waals surface area contributed by atoms with Crippen LogP contribution >= 0.6 is 11.3 Å². The summed E-state index contributed by atoms with van der Waals surface area (Å²) in [4.78, 5) is 8.13. The molecular weight excluding hydrogens is 914 g/mol. The Morgan fingerprint density at radius 2 is 1.22 bits per heavy atom. The Hall–Kier alpha value is -6.56. The van der Waals surface area contributed by atoms with Crippen molar-refractivity contribution in [1.29, 1.82) is 0 Å². The molecule has 0 bridgehead atoms. The maximum absolute atomic E-state index is 2.86. The maximum Gasteiger partial charge on any atom is 0.252 e. The van der Waals surface area contributed by atoms with Gasteiger partial charge in [0.15, 0.2) is 0 Å². The SMILES string of the molecule is Cc1cc2c3c(c1)N1c4c(cccc4C4(C)CCCCC14C)B3c1ccc(N(c3ccc4c(c3)C(C)(C)CCC4(C)C)c3ccc4c(c3)sc3ccccc34)cc1N2c1ccc(C(C)(C)C)cc1-c1ccccc1. The van der Waals surface area contributed by atoms with Gasteiger partial charge in [-0.25, -0.2) is 0 Å². The van der Waals surface area contributed by atoms with E-state index in [1.54, 1.807) is 0 Å². The zero-order valence-electron chi connectivity index (χ0n) is 45.1. The second-order valence-electron chi connectivity index (χ2n) is 25.6. The van der Waals surface area contributed by atoms with Crippen LogP contribution in [-0.4, -0.2) is 12.3 Å². The lowest BCUT2D eigenvalue weighted by Gasteiger charge is -2.53. The molecule has 0 N–H and O–H groups in total. The molecule has 9 aromatic rings. The van der Waals surface area contributed by atoms with E-state index in [4.69, 9.17) is 0 Å². The molecule has 2 unspecified atom stereocenters. The van der Waals surface area contributed by atoms with Gasteiger partial charge in [0.05, 0.1) is 11.2 Å². The van der Waals surface area contributed by atoms with Crippen LogP contribution in [0.1, 0.15) is 129 Å². The summed E-state index contributed by atoms with van der Waals surface area (Å²) in [6, 6.07) is 62.0. The third-order valence-corrected chi connectivity index (χ3v) is 20.4. The Balaban J connectivity index is 1.07. The first kappa shape index (κ1) is 46.0. The molecule has 1 fully saturated rings. The zero-order valence-corrected chi connectivity index (χ0v) is 45.9. The van der Waals surface area contributed by atoms with Gasteiger partial charge in [-0.1, -0.05) is 159 Å². The molecule has 14 rings (SSSR count). The number of thiophene rings is 1. The van der Waals surface area contributed by atoms with Crippen LogP contribution in [0.2, 0.25) is 0 Å². The second kappa shape index (κ2) is 15.7. The first-order valence-corrected chi connectivity index (χ1v) is 28.4. The summed E-state index contributed by atoms with van der Waals surface area (Å²) in [6.45, 7) is 24.4. The fraction of sp³-hybridized carbons (Fsp3) is 0.304. The molecule has 1 aromatic heterocycles. The van der Waals surface area contributed by atoms with Gasteiger partial charge in [-0.05, 0) is 172 Å². The Bertz CT molecular complexity index is 3820. The highest BCUT2D eigenvalue weighted by atomic mass is 32.1. The molecule has 0 spiro atoms. The van der Waals surface area contributed by atoms with Gasteiger partial charge < -0.3 is 14.7 Å². The Labute approximate surface area is 444 Å². The number of hydrogen-bond donors (Lipinski definition) is 0. The predicted molar refractivity (Wildman–Crippen MR) is 320 cm³/mol. The molecule has 3 nitrogen and oxygen atoms in total. The molecule has 4 heterocycles. The first-order chi connectivity index (χ1) is 35.4. The summed E-state index contributed by atoms with van der Waals surface area (Å²) in [7, 11) is 0. The van der Waals surface area contributed by atoms with E-state index in [0.717, 1.165) is 12.1 Å². The lowest BCUT2D eigenvalue weighted by atomic mass is 9.33. The van der Waals surface area contributed by atoms with E-state index >= 15 is 0 Å². The number of benzene rings is 8. The minimum absolute atomic E-state index is 0.0312. The minimum Gasteiger partial charge on any atom is -0.335 e. The number of nitrogens with zero attached hydrogens (tertiary/aromatic N) is 3. The average molecular weight is 982 g/mol. The monoisotopic (exact) mass is 982 g/mol. The van der Waals surface area contributed by atoms with Crippen LogP contribution in [0.15, 0.2) is 158 Å². The number of para-hydroxylation sites is 1. The van der Waals surface area contributed by atoms with E-state index in [2.05, 4.69) is 242 Å². The zero-order chi connectivity index (χ0) is 50.8. The summed E-state index contributed by atoms with van der Waals surface area (Å²) in [5.41, 5.74) is 24.1. The summed E-state index contributed by atoms with van der Waals surface area (Å²) >= 11 is 1.90. The van der Waals surface area contributed by atoms with Gasteiger partial charge in [0.1, 0.15) is 0 Å². The molecule has 0 radical (unpaired) electrons. The van der Waals surface area contributed by atoms with Crippen molar-refractivity contribution >= 4 is 100 Å². The highest BCUT2D eigenvalue weighted by molar-refractivity contribution is 7.25. The topological polar surface area (TPSA) is 9.72 Å². The van der Waals surface area contributed by atoms with Crippen molar-refractivity contribution in [2.45, 2.75) is 135 Å². The van der Waals surface area contributed by atoms with Crippen LogP contribution in [0.25, 0.3) is 31.3 Å². The number of aryl methyl sites for hydroxylation is 1. The van der Waals surface area contributed by atoms with Gasteiger partial charge in [-0.2, -0.15) is 0 Å². The Morgan fingerprint density at radius 3 is 2.03 bits per heavy atom. The van der Waals surface area contributed by atoms with E-state index in [0.29, 0.717) is 0 Å². The summed E-state index contributed by atoms with van der Waals surface area (Å²) < 4.78 is 2.64. The van der Waals surface area contributed by atoms with Crippen molar-refractivity contribution in [1.82, 2.24) is 0 Å². The molecule has 1 saturated carbocycles. The minimum atomic E-state index is -0.0383. The molecule has 8 aromatic carbocycles. The predicted octanol–water partition coefficient (Wildman–Crippen LogP) is 17.5. The van der Waals surface area contributed by atoms with Gasteiger partial charge in [-0.3, -0.25) is 0 Å². The second-order valence-corrected chi connectivity index (χ2v) is 26.7. The third-order valence-electron chi connectivity index (χ3n) is 19.2. The van der Waals surface area contributed by atoms with Crippen molar-refractivity contribution in [3.63, 3.8) is 0 Å². The first-order valence-electron chi connectivity index (χ1n) is 27.5. The summed E-state index contributed by atoms with van der Waals surface area (Å²) in [5, 5.41) is 2.65. The molecule has 0 saturated heterocycles. The van der Waals surface area contributed by atoms with Crippen molar-refractivity contribution in [3.05, 3.63) is 186 Å². The lowest BCUT2D eigenvalue weighted by Crippen LogP contribution is -2.64. The standard InChI is InChI=1S/C69H68BN3S/c1-43-37-59-63-60(38-43)73-64-53(68(9)33-16-17-34-69(68,73)10)22-18-23-56(64)70(63)55-31-28-47(41-58(55)72(59)57-32-25-45(65(2,3)4)39-51(57)44-19-12-11-13-20-44)71(46-27-30-52-54(40-46)67(7,8)36-35-66(52,5)6)48-26-29-50-49-21-14-15-24-61(49)74-62(50)42-48/h11-15,18-32,37-42H,16-17,33-36H2,1-10H3. The van der Waals surface area contributed by atoms with Gasteiger partial charge in [0, 0.05) is 71.0 Å². The average Bonchev–Trinajstić information content (AvgIpc) is 3.86. The Kier molecular flexibility index (Phi) is 9.79. The van der Waals surface area contributed by atoms with Gasteiger partial charge in [0.25, 0.3) is 6.71 Å². The molecular formula is C69H68BN3S. The highest BCUT2D eigenvalue weighted by Crippen LogP contribution is 2.62. The smallest absolute Gasteiger partial charge is 0.252 e. The maximum atomic E-state index is 2.86. The molecule has 5 heteroatoms. The molecule has 74 heavy (non-hydrogen) atoms. The lowest BCUT2D eigenvalue weighted by molar-refractivity contribution is 0.195. The van der Waals surface area contributed by atoms with E-state index in [-0.39, 0.29) is 33.9 Å². The molecule has 368 valence electrons. The Morgan fingerprint density at radius 1 is 0.527 bits per heavy atom. The molecule has 2 atom stereocenters. The van der Waals surface area contributed by atoms with Crippen LogP contribution in [0.3, 0.4) is 0 Å². The van der Waals surface area contributed by atoms with Gasteiger partial charge >= 0.3 is 0 Å². The number of anilines is 8. The van der Waals surface area contributed by atoms with Crippen molar-refractivity contribution in [2.75, 3.05) is 14.7 Å². The van der Waals surface area contributed by atoms with Crippen LogP contribution in [0, 0.1) is 6.92 Å². The van der Waals surface area contributed by atoms with Crippen molar-refractivity contribution in [3.8, 4) is 11.1 Å². The number of hydrogen-bond acceptors (Lipinski definition) is 4. The van der Waals surface area contributed by atoms with Crippen molar-refractivity contribution < 1.29 is 0 Å². The van der Waals surface area contributed by atoms with E-state index in [1.807, 2.05) is 11.3 Å². The van der Waals surface area contributed by atoms with E-state index in [9.17, 15) is 0 Å². The molecule has 5 aliphatic rings. The van der Waals surface area contributed by atoms with Gasteiger partial charge in [0.2, 0.25) is 0 Å². The summed E-state index contributed by atoms with van der Waals surface area (Å²) in [5.74, 6) is 0. The summed E-state index contributed by atoms with van der Waals surface area (Å²) in [6.07, 6.45) is 7.27. The van der Waals surface area contributed by atoms with Gasteiger partial charge in [-0.15, -0.1) is 11.3 Å².